The molecule has 3 saturated carbocycles. The lowest BCUT2D eigenvalue weighted by atomic mass is 9.53. The fourth-order valence-electron chi connectivity index (χ4n) is 4.59. The Morgan fingerprint density at radius 2 is 1.89 bits per heavy atom. The maximum absolute atomic E-state index is 12.8. The number of ether oxygens (including phenoxy) is 1. The highest BCUT2D eigenvalue weighted by Gasteiger charge is 2.53. The molecule has 2 bridgehead atoms. The molecule has 148 valence electrons. The molecule has 2 heterocycles. The zero-order valence-electron chi connectivity index (χ0n) is 15.6. The molecule has 2 N–H and O–H groups in total. The van der Waals surface area contributed by atoms with Crippen LogP contribution in [0.5, 0.6) is 0 Å². The summed E-state index contributed by atoms with van der Waals surface area (Å²) in [6.45, 7) is 0.483. The molecule has 9 nitrogen and oxygen atoms in total. The normalized spacial score (nSPS) is 26.2. The van der Waals surface area contributed by atoms with E-state index >= 15 is 0 Å². The molecule has 5 rings (SSSR count). The van der Waals surface area contributed by atoms with Gasteiger partial charge in [-0.25, -0.2) is 14.3 Å². The molecule has 3 aliphatic carbocycles. The van der Waals surface area contributed by atoms with Crippen LogP contribution in [-0.4, -0.2) is 51.2 Å². The van der Waals surface area contributed by atoms with Gasteiger partial charge < -0.3 is 15.2 Å². The Bertz CT molecular complexity index is 942. The molecule has 0 aliphatic heterocycles. The van der Waals surface area contributed by atoms with Crippen LogP contribution in [0.2, 0.25) is 0 Å². The number of hydrogen-bond acceptors (Lipinski definition) is 6. The first-order chi connectivity index (χ1) is 13.4. The van der Waals surface area contributed by atoms with Crippen molar-refractivity contribution in [3.63, 3.8) is 0 Å². The summed E-state index contributed by atoms with van der Waals surface area (Å²) < 4.78 is 6.33. The van der Waals surface area contributed by atoms with Gasteiger partial charge in [0.15, 0.2) is 11.3 Å². The molecule has 0 aromatic carbocycles. The number of esters is 1. The predicted molar refractivity (Wildman–Crippen MR) is 96.9 cm³/mol. The summed E-state index contributed by atoms with van der Waals surface area (Å²) in [7, 11) is 1.43. The fraction of sp³-hybridized carbons (Fsp3) is 0.526. The summed E-state index contributed by atoms with van der Waals surface area (Å²) in [5.41, 5.74) is -0.143. The van der Waals surface area contributed by atoms with E-state index in [2.05, 4.69) is 15.4 Å². The van der Waals surface area contributed by atoms with E-state index < -0.39 is 5.97 Å². The van der Waals surface area contributed by atoms with E-state index in [4.69, 9.17) is 4.74 Å². The molecule has 0 saturated heterocycles. The van der Waals surface area contributed by atoms with Gasteiger partial charge in [0.25, 0.3) is 5.91 Å². The Labute approximate surface area is 161 Å². The molecule has 1 amide bonds. The number of fused-ring (bicyclic) bond motifs is 4. The number of amides is 1. The summed E-state index contributed by atoms with van der Waals surface area (Å²) in [4.78, 5) is 40.2. The number of aromatic nitrogens is 3. The highest BCUT2D eigenvalue weighted by atomic mass is 16.5. The van der Waals surface area contributed by atoms with Crippen molar-refractivity contribution in [1.82, 2.24) is 19.9 Å². The van der Waals surface area contributed by atoms with Crippen molar-refractivity contribution in [3.05, 3.63) is 29.7 Å². The van der Waals surface area contributed by atoms with Gasteiger partial charge in [-0.3, -0.25) is 9.59 Å². The molecular weight excluding hydrogens is 364 g/mol. The van der Waals surface area contributed by atoms with Crippen LogP contribution in [0, 0.1) is 10.8 Å². The minimum Gasteiger partial charge on any atom is -0.477 e. The Morgan fingerprint density at radius 1 is 1.21 bits per heavy atom. The van der Waals surface area contributed by atoms with Gasteiger partial charge >= 0.3 is 11.9 Å². The topological polar surface area (TPSA) is 123 Å². The van der Waals surface area contributed by atoms with E-state index in [-0.39, 0.29) is 34.1 Å². The van der Waals surface area contributed by atoms with Crippen molar-refractivity contribution in [2.45, 2.75) is 38.5 Å². The van der Waals surface area contributed by atoms with Crippen molar-refractivity contribution in [3.8, 4) is 0 Å². The van der Waals surface area contributed by atoms with Crippen LogP contribution in [0.15, 0.2) is 18.3 Å². The zero-order valence-corrected chi connectivity index (χ0v) is 15.6. The molecule has 0 unspecified atom stereocenters. The first-order valence-corrected chi connectivity index (χ1v) is 9.33. The van der Waals surface area contributed by atoms with Gasteiger partial charge in [0.05, 0.1) is 18.7 Å². The van der Waals surface area contributed by atoms with Gasteiger partial charge in [0, 0.05) is 18.7 Å². The van der Waals surface area contributed by atoms with Crippen LogP contribution in [-0.2, 0) is 9.53 Å². The number of aromatic carboxylic acids is 1. The van der Waals surface area contributed by atoms with E-state index in [0.717, 1.165) is 38.5 Å². The Balaban J connectivity index is 1.49. The van der Waals surface area contributed by atoms with Crippen LogP contribution in [0.4, 0.5) is 0 Å². The number of carboxylic acid groups (broad SMARTS) is 1. The summed E-state index contributed by atoms with van der Waals surface area (Å²) in [6, 6.07) is 2.79. The van der Waals surface area contributed by atoms with Gasteiger partial charge in [0.1, 0.15) is 5.69 Å². The Hall–Kier alpha value is -2.97. The number of rotatable bonds is 5. The van der Waals surface area contributed by atoms with Crippen molar-refractivity contribution >= 4 is 23.5 Å². The first kappa shape index (κ1) is 18.4. The fourth-order valence-corrected chi connectivity index (χ4v) is 4.59. The smallest absolute Gasteiger partial charge is 0.354 e. The van der Waals surface area contributed by atoms with Gasteiger partial charge in [-0.1, -0.05) is 0 Å². The lowest BCUT2D eigenvalue weighted by molar-refractivity contribution is -0.162. The largest absolute Gasteiger partial charge is 0.477 e. The lowest BCUT2D eigenvalue weighted by Gasteiger charge is -2.51. The van der Waals surface area contributed by atoms with E-state index in [1.165, 1.54) is 23.9 Å². The molecule has 28 heavy (non-hydrogen) atoms. The minimum atomic E-state index is -1.20. The molecule has 9 heteroatoms. The number of nitrogens with one attached hydrogen (secondary N) is 1. The second kappa shape index (κ2) is 6.57. The van der Waals surface area contributed by atoms with E-state index in [1.54, 1.807) is 6.07 Å². The number of nitrogens with zero attached hydrogens (tertiary/aromatic N) is 3. The Morgan fingerprint density at radius 3 is 2.50 bits per heavy atom. The summed E-state index contributed by atoms with van der Waals surface area (Å²) >= 11 is 0. The number of hydrogen-bond donors (Lipinski definition) is 2. The Kier molecular flexibility index (Phi) is 4.32. The van der Waals surface area contributed by atoms with Crippen LogP contribution in [0.3, 0.4) is 0 Å². The van der Waals surface area contributed by atoms with Gasteiger partial charge in [0.2, 0.25) is 0 Å². The third-order valence-electron chi connectivity index (χ3n) is 6.46. The molecule has 2 aromatic heterocycles. The summed E-state index contributed by atoms with van der Waals surface area (Å²) in [6.07, 6.45) is 6.37. The highest BCUT2D eigenvalue weighted by Crippen LogP contribution is 2.57. The maximum atomic E-state index is 12.8. The number of carbonyl (C=O) groups excluding carboxylic acids is 2. The average Bonchev–Trinajstić information content (AvgIpc) is 3.20. The number of methoxy groups -OCH3 is 1. The average molecular weight is 386 g/mol. The molecule has 0 spiro atoms. The van der Waals surface area contributed by atoms with Crippen LogP contribution < -0.4 is 5.32 Å². The van der Waals surface area contributed by atoms with Crippen LogP contribution >= 0.6 is 0 Å². The monoisotopic (exact) mass is 386 g/mol. The molecule has 3 fully saturated rings. The molecule has 0 radical (unpaired) electrons. The quantitative estimate of drug-likeness (QED) is 0.749. The third-order valence-corrected chi connectivity index (χ3v) is 6.46. The standard InChI is InChI=1S/C19H22N4O5/c1-28-17(27)19-6-3-18(4-7-19,5-8-19)11-20-15(24)13-10-12(16(25)26)22-14-2-9-21-23(13)14/h2,9-10H,3-8,11H2,1H3,(H,20,24)(H,25,26). The minimum absolute atomic E-state index is 0.0304. The molecule has 3 aliphatic rings. The maximum Gasteiger partial charge on any atom is 0.354 e. The number of carboxylic acids is 1. The second-order valence-electron chi connectivity index (χ2n) is 7.89. The van der Waals surface area contributed by atoms with Crippen LogP contribution in [0.25, 0.3) is 5.65 Å². The van der Waals surface area contributed by atoms with Crippen molar-refractivity contribution < 1.29 is 24.2 Å². The first-order valence-electron chi connectivity index (χ1n) is 9.33. The van der Waals surface area contributed by atoms with Crippen molar-refractivity contribution in [1.29, 1.82) is 0 Å². The zero-order chi connectivity index (χ0) is 19.9. The summed E-state index contributed by atoms with van der Waals surface area (Å²) in [5, 5.41) is 16.3. The van der Waals surface area contributed by atoms with Crippen molar-refractivity contribution in [2.24, 2.45) is 10.8 Å². The van der Waals surface area contributed by atoms with Gasteiger partial charge in [-0.05, 0) is 43.9 Å². The lowest BCUT2D eigenvalue weighted by Crippen LogP contribution is -2.50. The number of carbonyl (C=O) groups is 3. The molecular formula is C19H22N4O5. The highest BCUT2D eigenvalue weighted by molar-refractivity contribution is 5.96. The third kappa shape index (κ3) is 2.90. The molecule has 2 aromatic rings. The van der Waals surface area contributed by atoms with E-state index in [1.807, 2.05) is 0 Å². The van der Waals surface area contributed by atoms with Gasteiger partial charge in [-0.2, -0.15) is 5.10 Å². The van der Waals surface area contributed by atoms with Crippen LogP contribution in [0.1, 0.15) is 59.5 Å². The van der Waals surface area contributed by atoms with Crippen molar-refractivity contribution in [2.75, 3.05) is 13.7 Å². The SMILES string of the molecule is COC(=O)C12CCC(CNC(=O)c3cc(C(=O)O)nc4ccnn34)(CC1)CC2. The second-order valence-corrected chi connectivity index (χ2v) is 7.89. The molecule has 0 atom stereocenters. The van der Waals surface area contributed by atoms with Gasteiger partial charge in [-0.15, -0.1) is 0 Å². The van der Waals surface area contributed by atoms with E-state index in [9.17, 15) is 19.5 Å². The predicted octanol–water partition coefficient (Wildman–Crippen LogP) is 1.67. The summed E-state index contributed by atoms with van der Waals surface area (Å²) in [5.74, 6) is -1.71. The van der Waals surface area contributed by atoms with E-state index in [0.29, 0.717) is 12.2 Å².